The minimum Gasteiger partial charge on any atom is -0.258 e. The number of nitro groups is 1. The molecular weight excluding hydrogens is 212 g/mol. The number of fused-ring (bicyclic) bond motifs is 1. The van der Waals surface area contributed by atoms with E-state index in [1.807, 2.05) is 0 Å². The summed E-state index contributed by atoms with van der Waals surface area (Å²) in [5, 5.41) is 10.4. The fraction of sp³-hybridized carbons (Fsp3) is 0. The first-order valence-corrected chi connectivity index (χ1v) is 5.52. The molecule has 2 aromatic rings. The van der Waals surface area contributed by atoms with E-state index in [0.717, 1.165) is 10.2 Å². The molecule has 1 unspecified atom stereocenters. The van der Waals surface area contributed by atoms with Gasteiger partial charge in [0.1, 0.15) is 15.2 Å². The topological polar surface area (TPSA) is 56.0 Å². The number of thiazole rings is 1. The summed E-state index contributed by atoms with van der Waals surface area (Å²) in [5.41, 5.74) is 2.38. The van der Waals surface area contributed by atoms with Gasteiger partial charge in [0.05, 0.1) is 11.0 Å². The van der Waals surface area contributed by atoms with Crippen molar-refractivity contribution < 1.29 is 4.92 Å². The summed E-state index contributed by atoms with van der Waals surface area (Å²) in [6.45, 7) is 0. The summed E-state index contributed by atoms with van der Waals surface area (Å²) >= 11 is 0. The third-order valence-electron chi connectivity index (χ3n) is 1.65. The molecule has 1 atom stereocenters. The van der Waals surface area contributed by atoms with E-state index in [-0.39, 0.29) is 5.69 Å². The van der Waals surface area contributed by atoms with E-state index in [9.17, 15) is 10.1 Å². The van der Waals surface area contributed by atoms with Gasteiger partial charge >= 0.3 is 0 Å². The van der Waals surface area contributed by atoms with E-state index in [0.29, 0.717) is 0 Å². The van der Waals surface area contributed by atoms with Gasteiger partial charge in [0.2, 0.25) is 15.4 Å². The average molecular weight is 216 g/mol. The summed E-state index contributed by atoms with van der Waals surface area (Å²) in [5.74, 6) is 0. The Bertz CT molecular complexity index is 482. The van der Waals surface area contributed by atoms with Crippen LogP contribution in [-0.4, -0.2) is 9.91 Å². The van der Waals surface area contributed by atoms with Crippen LogP contribution in [0.2, 0.25) is 0 Å². The number of non-ortho nitro benzene ring substituents is 1. The van der Waals surface area contributed by atoms with E-state index in [1.54, 1.807) is 11.6 Å². The third-order valence-corrected chi connectivity index (χ3v) is 3.42. The fourth-order valence-corrected chi connectivity index (χ4v) is 2.40. The molecule has 1 aromatic carbocycles. The van der Waals surface area contributed by atoms with Crippen LogP contribution in [0.25, 0.3) is 10.2 Å². The van der Waals surface area contributed by atoms with Gasteiger partial charge in [-0.05, 0) is 6.07 Å². The second-order valence-corrected chi connectivity index (χ2v) is 4.64. The molecule has 0 bridgehead atoms. The highest BCUT2D eigenvalue weighted by Gasteiger charge is 2.16. The summed E-state index contributed by atoms with van der Waals surface area (Å²) < 4.78 is 0.732. The molecule has 0 N–H and O–H groups in total. The van der Waals surface area contributed by atoms with Gasteiger partial charge in [-0.15, -0.1) is 0 Å². The van der Waals surface area contributed by atoms with Crippen LogP contribution in [0.15, 0.2) is 23.7 Å². The molecule has 4 nitrogen and oxygen atoms in total. The highest BCUT2D eigenvalue weighted by atomic mass is 35.7. The Kier molecular flexibility index (Phi) is 1.90. The zero-order chi connectivity index (χ0) is 9.42. The molecule has 0 fully saturated rings. The van der Waals surface area contributed by atoms with Crippen LogP contribution in [0.4, 0.5) is 5.69 Å². The maximum atomic E-state index is 10.4. The summed E-state index contributed by atoms with van der Waals surface area (Å²) in [6, 6.07) is 4.51. The summed E-state index contributed by atoms with van der Waals surface area (Å²) in [7, 11) is 5.28. The molecular formula is C7H4ClN2O2S+. The molecule has 13 heavy (non-hydrogen) atoms. The van der Waals surface area contributed by atoms with Crippen molar-refractivity contribution in [3.05, 3.63) is 33.8 Å². The summed E-state index contributed by atoms with van der Waals surface area (Å²) in [6.07, 6.45) is 0. The summed E-state index contributed by atoms with van der Waals surface area (Å²) in [4.78, 5) is 14.0. The van der Waals surface area contributed by atoms with Crippen molar-refractivity contribution in [2.45, 2.75) is 0 Å². The number of hydrogen-bond donors (Lipinski definition) is 0. The molecule has 0 aliphatic carbocycles. The number of rotatable bonds is 1. The second-order valence-electron chi connectivity index (χ2n) is 2.43. The van der Waals surface area contributed by atoms with Crippen LogP contribution in [0.3, 0.4) is 0 Å². The van der Waals surface area contributed by atoms with E-state index in [1.165, 1.54) is 12.1 Å². The molecule has 0 radical (unpaired) electrons. The maximum absolute atomic E-state index is 10.4. The van der Waals surface area contributed by atoms with E-state index in [4.69, 9.17) is 10.7 Å². The molecule has 0 aliphatic heterocycles. The lowest BCUT2D eigenvalue weighted by atomic mass is 10.3. The quantitative estimate of drug-likeness (QED) is 0.418. The standard InChI is InChI=1S/C7H4ClN2O2S/c8-13-4-9-6-2-1-5(10(11)12)3-7(6)13/h1-4H/q+1. The Balaban J connectivity index is 2.72. The first kappa shape index (κ1) is 8.40. The first-order chi connectivity index (χ1) is 6.18. The Morgan fingerprint density at radius 2 is 2.31 bits per heavy atom. The van der Waals surface area contributed by atoms with Crippen molar-refractivity contribution in [2.75, 3.05) is 0 Å². The molecule has 6 heteroatoms. The normalized spacial score (nSPS) is 11.9. The predicted molar refractivity (Wildman–Crippen MR) is 52.1 cm³/mol. The predicted octanol–water partition coefficient (Wildman–Crippen LogP) is 2.89. The monoisotopic (exact) mass is 215 g/mol. The Morgan fingerprint density at radius 3 is 3.00 bits per heavy atom. The third kappa shape index (κ3) is 1.36. The SMILES string of the molecule is O=[N+]([O-])c1ccc2nc[s+](Cl)c2c1. The van der Waals surface area contributed by atoms with E-state index >= 15 is 0 Å². The molecule has 66 valence electrons. The minimum atomic E-state index is -0.598. The van der Waals surface area contributed by atoms with Gasteiger partial charge < -0.3 is 0 Å². The zero-order valence-corrected chi connectivity index (χ0v) is 7.88. The minimum absolute atomic E-state index is 0.0578. The van der Waals surface area contributed by atoms with Gasteiger partial charge in [-0.3, -0.25) is 10.1 Å². The van der Waals surface area contributed by atoms with Crippen molar-refractivity contribution in [1.82, 2.24) is 4.98 Å². The van der Waals surface area contributed by atoms with Crippen molar-refractivity contribution in [3.8, 4) is 0 Å². The molecule has 0 spiro atoms. The molecule has 0 aliphatic rings. The highest BCUT2D eigenvalue weighted by Crippen LogP contribution is 2.34. The lowest BCUT2D eigenvalue weighted by Gasteiger charge is -1.86. The van der Waals surface area contributed by atoms with Gasteiger partial charge in [0, 0.05) is 6.07 Å². The first-order valence-electron chi connectivity index (χ1n) is 3.40. The Morgan fingerprint density at radius 1 is 1.54 bits per heavy atom. The van der Waals surface area contributed by atoms with Gasteiger partial charge in [0.15, 0.2) is 0 Å². The van der Waals surface area contributed by atoms with Crippen LogP contribution in [0, 0.1) is 10.1 Å². The molecule has 0 saturated heterocycles. The number of hydrogen-bond acceptors (Lipinski definition) is 3. The van der Waals surface area contributed by atoms with Crippen LogP contribution in [0.5, 0.6) is 0 Å². The van der Waals surface area contributed by atoms with E-state index in [2.05, 4.69) is 4.98 Å². The molecule has 2 rings (SSSR count). The zero-order valence-electron chi connectivity index (χ0n) is 6.31. The second kappa shape index (κ2) is 2.93. The largest absolute Gasteiger partial charge is 0.275 e. The van der Waals surface area contributed by atoms with Gasteiger partial charge in [-0.1, -0.05) is 0 Å². The Hall–Kier alpha value is -1.20. The van der Waals surface area contributed by atoms with Crippen LogP contribution < -0.4 is 0 Å². The maximum Gasteiger partial charge on any atom is 0.275 e. The van der Waals surface area contributed by atoms with Crippen molar-refractivity contribution in [3.63, 3.8) is 0 Å². The van der Waals surface area contributed by atoms with Crippen LogP contribution in [-0.2, 0) is 0 Å². The number of benzene rings is 1. The van der Waals surface area contributed by atoms with Gasteiger partial charge in [0.25, 0.3) is 11.2 Å². The number of halogens is 1. The fourth-order valence-electron chi connectivity index (χ4n) is 1.04. The molecule has 1 heterocycles. The van der Waals surface area contributed by atoms with Crippen LogP contribution in [0.1, 0.15) is 0 Å². The Labute approximate surface area is 80.4 Å². The molecule has 0 saturated carbocycles. The van der Waals surface area contributed by atoms with Gasteiger partial charge in [-0.25, -0.2) is 0 Å². The van der Waals surface area contributed by atoms with Crippen molar-refractivity contribution in [1.29, 1.82) is 0 Å². The number of aromatic nitrogens is 1. The smallest absolute Gasteiger partial charge is 0.258 e. The van der Waals surface area contributed by atoms with Gasteiger partial charge in [-0.2, -0.15) is 4.98 Å². The number of nitrogens with zero attached hydrogens (tertiary/aromatic N) is 2. The number of nitro benzene ring substituents is 1. The average Bonchev–Trinajstić information content (AvgIpc) is 2.47. The lowest BCUT2D eigenvalue weighted by molar-refractivity contribution is -0.384. The van der Waals surface area contributed by atoms with Crippen LogP contribution >= 0.6 is 20.4 Å². The molecule has 0 amide bonds. The van der Waals surface area contributed by atoms with Crippen molar-refractivity contribution in [2.24, 2.45) is 0 Å². The lowest BCUT2D eigenvalue weighted by Crippen LogP contribution is -1.85. The van der Waals surface area contributed by atoms with E-state index < -0.39 is 14.6 Å². The van der Waals surface area contributed by atoms with Crippen molar-refractivity contribution >= 4 is 36.3 Å². The molecule has 1 aromatic heterocycles. The highest BCUT2D eigenvalue weighted by molar-refractivity contribution is 7.64.